The topological polar surface area (TPSA) is 64.6 Å². The Morgan fingerprint density at radius 1 is 1.12 bits per heavy atom. The van der Waals surface area contributed by atoms with Gasteiger partial charge in [0.15, 0.2) is 11.9 Å². The third-order valence-corrected chi connectivity index (χ3v) is 4.07. The van der Waals surface area contributed by atoms with Crippen LogP contribution in [-0.2, 0) is 11.2 Å². The van der Waals surface area contributed by atoms with Gasteiger partial charge in [0.1, 0.15) is 11.5 Å². The third kappa shape index (κ3) is 3.25. The highest BCUT2D eigenvalue weighted by Crippen LogP contribution is 2.31. The molecular formula is C19H19NO4. The molecule has 124 valence electrons. The fourth-order valence-electron chi connectivity index (χ4n) is 2.73. The van der Waals surface area contributed by atoms with Crippen LogP contribution in [-0.4, -0.2) is 24.9 Å². The highest BCUT2D eigenvalue weighted by atomic mass is 16.5. The molecule has 0 saturated carbocycles. The summed E-state index contributed by atoms with van der Waals surface area (Å²) in [6, 6.07) is 12.5. The van der Waals surface area contributed by atoms with Crippen LogP contribution in [0, 0.1) is 0 Å². The molecule has 5 nitrogen and oxygen atoms in total. The minimum Gasteiger partial charge on any atom is -0.497 e. The van der Waals surface area contributed by atoms with Crippen molar-refractivity contribution in [1.82, 2.24) is 0 Å². The number of hydrogen-bond acceptors (Lipinski definition) is 4. The second-order valence-corrected chi connectivity index (χ2v) is 5.68. The zero-order valence-electron chi connectivity index (χ0n) is 13.7. The smallest absolute Gasteiger partial charge is 0.265 e. The predicted octanol–water partition coefficient (Wildman–Crippen LogP) is 3.23. The summed E-state index contributed by atoms with van der Waals surface area (Å²) >= 11 is 0. The number of benzene rings is 2. The molecule has 0 aliphatic heterocycles. The van der Waals surface area contributed by atoms with E-state index in [0.717, 1.165) is 11.3 Å². The van der Waals surface area contributed by atoms with Gasteiger partial charge in [-0.05, 0) is 43.7 Å². The summed E-state index contributed by atoms with van der Waals surface area (Å²) in [6.07, 6.45) is 0.494. The van der Waals surface area contributed by atoms with Crippen molar-refractivity contribution in [3.8, 4) is 11.5 Å². The fraction of sp³-hybridized carbons (Fsp3) is 0.263. The van der Waals surface area contributed by atoms with Gasteiger partial charge in [-0.15, -0.1) is 0 Å². The molecule has 0 aromatic heterocycles. The van der Waals surface area contributed by atoms with Crippen LogP contribution in [0.3, 0.4) is 0 Å². The predicted molar refractivity (Wildman–Crippen MR) is 90.8 cm³/mol. The second kappa shape index (κ2) is 6.74. The third-order valence-electron chi connectivity index (χ3n) is 4.07. The van der Waals surface area contributed by atoms with Gasteiger partial charge < -0.3 is 14.8 Å². The number of nitrogens with one attached hydrogen (secondary N) is 1. The minimum atomic E-state index is -0.672. The highest BCUT2D eigenvalue weighted by Gasteiger charge is 2.24. The van der Waals surface area contributed by atoms with E-state index in [0.29, 0.717) is 29.8 Å². The Kier molecular flexibility index (Phi) is 4.51. The molecule has 0 radical (unpaired) electrons. The van der Waals surface area contributed by atoms with E-state index in [9.17, 15) is 9.59 Å². The Morgan fingerprint density at radius 2 is 1.88 bits per heavy atom. The lowest BCUT2D eigenvalue weighted by Crippen LogP contribution is -2.30. The first-order valence-electron chi connectivity index (χ1n) is 7.85. The maximum Gasteiger partial charge on any atom is 0.265 e. The Morgan fingerprint density at radius 3 is 2.58 bits per heavy atom. The van der Waals surface area contributed by atoms with Gasteiger partial charge >= 0.3 is 0 Å². The van der Waals surface area contributed by atoms with Crippen molar-refractivity contribution in [1.29, 1.82) is 0 Å². The highest BCUT2D eigenvalue weighted by molar-refractivity contribution is 6.01. The van der Waals surface area contributed by atoms with Crippen LogP contribution >= 0.6 is 0 Å². The van der Waals surface area contributed by atoms with Crippen LogP contribution in [0.25, 0.3) is 0 Å². The first-order valence-corrected chi connectivity index (χ1v) is 7.85. The molecule has 2 aromatic carbocycles. The van der Waals surface area contributed by atoms with Crippen molar-refractivity contribution >= 4 is 17.4 Å². The average Bonchev–Trinajstić information content (AvgIpc) is 2.98. The largest absolute Gasteiger partial charge is 0.497 e. The fourth-order valence-corrected chi connectivity index (χ4v) is 2.73. The molecule has 1 amide bonds. The van der Waals surface area contributed by atoms with Gasteiger partial charge in [0, 0.05) is 23.2 Å². The first-order chi connectivity index (χ1) is 11.6. The molecule has 2 aromatic rings. The molecule has 5 heteroatoms. The molecule has 1 aliphatic rings. The number of Topliss-reactive ketones (excluding diaryl/α,β-unsaturated/α-hetero) is 1. The SMILES string of the molecule is COc1ccc(NC(=O)[C@H](C)Oc2cccc3c2CCC3=O)cc1. The van der Waals surface area contributed by atoms with Crippen molar-refractivity contribution in [2.45, 2.75) is 25.9 Å². The lowest BCUT2D eigenvalue weighted by atomic mass is 10.1. The van der Waals surface area contributed by atoms with E-state index in [2.05, 4.69) is 5.32 Å². The Labute approximate surface area is 140 Å². The lowest BCUT2D eigenvalue weighted by molar-refractivity contribution is -0.122. The zero-order chi connectivity index (χ0) is 17.1. The van der Waals surface area contributed by atoms with Crippen LogP contribution in [0.4, 0.5) is 5.69 Å². The van der Waals surface area contributed by atoms with Crippen molar-refractivity contribution in [3.63, 3.8) is 0 Å². The number of carbonyl (C=O) groups excluding carboxylic acids is 2. The molecule has 0 fully saturated rings. The number of hydrogen-bond donors (Lipinski definition) is 1. The summed E-state index contributed by atoms with van der Waals surface area (Å²) in [6.45, 7) is 1.69. The maximum absolute atomic E-state index is 12.3. The number of anilines is 1. The molecule has 0 spiro atoms. The second-order valence-electron chi connectivity index (χ2n) is 5.68. The van der Waals surface area contributed by atoms with Crippen LogP contribution in [0.5, 0.6) is 11.5 Å². The minimum absolute atomic E-state index is 0.130. The zero-order valence-corrected chi connectivity index (χ0v) is 13.7. The average molecular weight is 325 g/mol. The summed E-state index contributed by atoms with van der Waals surface area (Å²) in [5.41, 5.74) is 2.27. The van der Waals surface area contributed by atoms with Crippen LogP contribution in [0.15, 0.2) is 42.5 Å². The van der Waals surface area contributed by atoms with Gasteiger partial charge in [0.05, 0.1) is 7.11 Å². The summed E-state index contributed by atoms with van der Waals surface area (Å²) in [7, 11) is 1.59. The molecule has 24 heavy (non-hydrogen) atoms. The van der Waals surface area contributed by atoms with Gasteiger partial charge in [0.25, 0.3) is 5.91 Å². The van der Waals surface area contributed by atoms with E-state index in [1.165, 1.54) is 0 Å². The number of amides is 1. The summed E-state index contributed by atoms with van der Waals surface area (Å²) in [5.74, 6) is 1.21. The molecule has 0 heterocycles. The quantitative estimate of drug-likeness (QED) is 0.916. The van der Waals surface area contributed by atoms with Crippen molar-refractivity contribution < 1.29 is 19.1 Å². The number of fused-ring (bicyclic) bond motifs is 1. The molecule has 0 saturated heterocycles. The van der Waals surface area contributed by atoms with Crippen LogP contribution in [0.2, 0.25) is 0 Å². The van der Waals surface area contributed by atoms with E-state index >= 15 is 0 Å². The summed E-state index contributed by atoms with van der Waals surface area (Å²) in [5, 5.41) is 2.80. The molecule has 1 aliphatic carbocycles. The number of ketones is 1. The molecule has 0 bridgehead atoms. The van der Waals surface area contributed by atoms with Gasteiger partial charge in [-0.1, -0.05) is 12.1 Å². The van der Waals surface area contributed by atoms with E-state index in [-0.39, 0.29) is 11.7 Å². The number of methoxy groups -OCH3 is 1. The monoisotopic (exact) mass is 325 g/mol. The summed E-state index contributed by atoms with van der Waals surface area (Å²) < 4.78 is 10.9. The number of carbonyl (C=O) groups is 2. The number of ether oxygens (including phenoxy) is 2. The molecule has 1 N–H and O–H groups in total. The van der Waals surface area contributed by atoms with Crippen LogP contribution in [0.1, 0.15) is 29.3 Å². The van der Waals surface area contributed by atoms with Gasteiger partial charge in [-0.3, -0.25) is 9.59 Å². The normalized spacial score (nSPS) is 14.0. The Hall–Kier alpha value is -2.82. The first kappa shape index (κ1) is 16.1. The van der Waals surface area contributed by atoms with E-state index < -0.39 is 6.10 Å². The Bertz CT molecular complexity index is 767. The van der Waals surface area contributed by atoms with Crippen molar-refractivity contribution in [3.05, 3.63) is 53.6 Å². The van der Waals surface area contributed by atoms with Crippen LogP contribution < -0.4 is 14.8 Å². The molecule has 3 rings (SSSR count). The standard InChI is InChI=1S/C19H19NO4/c1-12(19(22)20-13-6-8-14(23-2)9-7-13)24-18-5-3-4-15-16(18)10-11-17(15)21/h3-9,12H,10-11H2,1-2H3,(H,20,22)/t12-/m0/s1. The molecule has 0 unspecified atom stereocenters. The van der Waals surface area contributed by atoms with E-state index in [1.54, 1.807) is 56.5 Å². The molecule has 1 atom stereocenters. The summed E-state index contributed by atoms with van der Waals surface area (Å²) in [4.78, 5) is 24.1. The Balaban J connectivity index is 1.67. The van der Waals surface area contributed by atoms with Gasteiger partial charge in [-0.2, -0.15) is 0 Å². The maximum atomic E-state index is 12.3. The number of rotatable bonds is 5. The molecular weight excluding hydrogens is 306 g/mol. The lowest BCUT2D eigenvalue weighted by Gasteiger charge is -2.17. The van der Waals surface area contributed by atoms with Crippen molar-refractivity contribution in [2.75, 3.05) is 12.4 Å². The van der Waals surface area contributed by atoms with E-state index in [1.807, 2.05) is 0 Å². The van der Waals surface area contributed by atoms with E-state index in [4.69, 9.17) is 9.47 Å². The van der Waals surface area contributed by atoms with Gasteiger partial charge in [-0.25, -0.2) is 0 Å². The van der Waals surface area contributed by atoms with Gasteiger partial charge in [0.2, 0.25) is 0 Å². The van der Waals surface area contributed by atoms with Crippen molar-refractivity contribution in [2.24, 2.45) is 0 Å².